The van der Waals surface area contributed by atoms with Crippen LogP contribution in [-0.2, 0) is 10.0 Å². The third-order valence-electron chi connectivity index (χ3n) is 3.53. The fourth-order valence-electron chi connectivity index (χ4n) is 2.32. The van der Waals surface area contributed by atoms with E-state index in [1.807, 2.05) is 0 Å². The lowest BCUT2D eigenvalue weighted by molar-refractivity contribution is -0.387. The molecule has 1 aromatic carbocycles. The summed E-state index contributed by atoms with van der Waals surface area (Å²) in [5, 5.41) is 20.2. The number of nitro groups is 1. The minimum absolute atomic E-state index is 0.0889. The summed E-state index contributed by atoms with van der Waals surface area (Å²) in [6, 6.07) is 3.83. The van der Waals surface area contributed by atoms with E-state index >= 15 is 0 Å². The van der Waals surface area contributed by atoms with Crippen LogP contribution in [0.5, 0.6) is 0 Å². The summed E-state index contributed by atoms with van der Waals surface area (Å²) in [5.74, 6) is 0.0889. The molecule has 0 saturated heterocycles. The van der Waals surface area contributed by atoms with Crippen molar-refractivity contribution in [3.05, 3.63) is 32.8 Å². The monoisotopic (exact) mass is 378 g/mol. The SMILES string of the molecule is CN(CC1CC(O)C1)S(=O)(=O)c1cc(Br)ccc1[N+](=O)[O-]. The van der Waals surface area contributed by atoms with E-state index in [9.17, 15) is 23.6 Å². The van der Waals surface area contributed by atoms with Gasteiger partial charge in [0.05, 0.1) is 11.0 Å². The summed E-state index contributed by atoms with van der Waals surface area (Å²) in [7, 11) is -2.55. The van der Waals surface area contributed by atoms with Gasteiger partial charge >= 0.3 is 0 Å². The van der Waals surface area contributed by atoms with Gasteiger partial charge in [0.1, 0.15) is 0 Å². The highest BCUT2D eigenvalue weighted by Crippen LogP contribution is 2.32. The van der Waals surface area contributed by atoms with Crippen LogP contribution in [0, 0.1) is 16.0 Å². The van der Waals surface area contributed by atoms with Gasteiger partial charge in [0, 0.05) is 24.1 Å². The zero-order chi connectivity index (χ0) is 15.8. The fraction of sp³-hybridized carbons (Fsp3) is 0.500. The van der Waals surface area contributed by atoms with Crippen molar-refractivity contribution in [2.75, 3.05) is 13.6 Å². The number of sulfonamides is 1. The Morgan fingerprint density at radius 1 is 1.48 bits per heavy atom. The summed E-state index contributed by atoms with van der Waals surface area (Å²) >= 11 is 3.13. The van der Waals surface area contributed by atoms with Gasteiger partial charge in [-0.15, -0.1) is 0 Å². The van der Waals surface area contributed by atoms with Gasteiger partial charge in [0.15, 0.2) is 4.90 Å². The van der Waals surface area contributed by atoms with Crippen LogP contribution in [0.25, 0.3) is 0 Å². The molecule has 0 heterocycles. The maximum absolute atomic E-state index is 12.5. The molecule has 0 amide bonds. The normalized spacial score (nSPS) is 22.1. The van der Waals surface area contributed by atoms with Crippen molar-refractivity contribution >= 4 is 31.6 Å². The molecule has 2 rings (SSSR count). The van der Waals surface area contributed by atoms with Crippen LogP contribution in [0.15, 0.2) is 27.6 Å². The molecule has 0 unspecified atom stereocenters. The van der Waals surface area contributed by atoms with Crippen LogP contribution in [-0.4, -0.2) is 42.4 Å². The average Bonchev–Trinajstić information content (AvgIpc) is 2.36. The highest BCUT2D eigenvalue weighted by molar-refractivity contribution is 9.10. The molecule has 0 aromatic heterocycles. The number of rotatable bonds is 5. The molecule has 7 nitrogen and oxygen atoms in total. The van der Waals surface area contributed by atoms with Gasteiger partial charge in [-0.25, -0.2) is 12.7 Å². The lowest BCUT2D eigenvalue weighted by Crippen LogP contribution is -2.39. The first-order valence-electron chi connectivity index (χ1n) is 6.30. The Bertz CT molecular complexity index is 658. The van der Waals surface area contributed by atoms with Crippen molar-refractivity contribution in [3.63, 3.8) is 0 Å². The molecule has 1 fully saturated rings. The van der Waals surface area contributed by atoms with Gasteiger partial charge in [-0.2, -0.15) is 0 Å². The summed E-state index contributed by atoms with van der Waals surface area (Å²) in [6.07, 6.45) is 0.743. The van der Waals surface area contributed by atoms with E-state index in [4.69, 9.17) is 0 Å². The van der Waals surface area contributed by atoms with Crippen molar-refractivity contribution in [1.82, 2.24) is 4.31 Å². The molecule has 0 aliphatic heterocycles. The van der Waals surface area contributed by atoms with Gasteiger partial charge in [0.2, 0.25) is 10.0 Å². The first-order valence-corrected chi connectivity index (χ1v) is 8.53. The Labute approximate surface area is 130 Å². The molecule has 0 bridgehead atoms. The molecule has 1 N–H and O–H groups in total. The average molecular weight is 379 g/mol. The van der Waals surface area contributed by atoms with E-state index in [1.165, 1.54) is 19.2 Å². The Kier molecular flexibility index (Phi) is 4.66. The first kappa shape index (κ1) is 16.3. The van der Waals surface area contributed by atoms with Crippen molar-refractivity contribution < 1.29 is 18.4 Å². The summed E-state index contributed by atoms with van der Waals surface area (Å²) in [4.78, 5) is 9.97. The lowest BCUT2D eigenvalue weighted by Gasteiger charge is -2.33. The Hall–Kier alpha value is -1.03. The van der Waals surface area contributed by atoms with Gasteiger partial charge in [0.25, 0.3) is 5.69 Å². The predicted octanol–water partition coefficient (Wildman–Crippen LogP) is 1.75. The number of aliphatic hydroxyl groups is 1. The molecule has 9 heteroatoms. The molecule has 1 aromatic rings. The zero-order valence-corrected chi connectivity index (χ0v) is 13.7. The third kappa shape index (κ3) is 3.42. The molecule has 1 aliphatic rings. The maximum atomic E-state index is 12.5. The Morgan fingerprint density at radius 3 is 2.62 bits per heavy atom. The van der Waals surface area contributed by atoms with E-state index < -0.39 is 20.6 Å². The van der Waals surface area contributed by atoms with Crippen LogP contribution in [0.1, 0.15) is 12.8 Å². The summed E-state index contributed by atoms with van der Waals surface area (Å²) in [6.45, 7) is 0.239. The molecular formula is C12H15BrN2O5S. The predicted molar refractivity (Wildman–Crippen MR) is 79.3 cm³/mol. The minimum atomic E-state index is -3.95. The van der Waals surface area contributed by atoms with Gasteiger partial charge in [-0.3, -0.25) is 10.1 Å². The number of hydrogen-bond acceptors (Lipinski definition) is 5. The summed E-state index contributed by atoms with van der Waals surface area (Å²) in [5.41, 5.74) is -0.446. The second-order valence-corrected chi connectivity index (χ2v) is 8.07. The molecule has 0 atom stereocenters. The van der Waals surface area contributed by atoms with Crippen molar-refractivity contribution in [2.24, 2.45) is 5.92 Å². The number of benzene rings is 1. The van der Waals surface area contributed by atoms with Crippen LogP contribution >= 0.6 is 15.9 Å². The van der Waals surface area contributed by atoms with Crippen LogP contribution in [0.4, 0.5) is 5.69 Å². The molecule has 0 radical (unpaired) electrons. The van der Waals surface area contributed by atoms with E-state index in [0.717, 1.165) is 10.4 Å². The van der Waals surface area contributed by atoms with Gasteiger partial charge in [-0.05, 0) is 30.9 Å². The lowest BCUT2D eigenvalue weighted by atomic mass is 9.82. The van der Waals surface area contributed by atoms with Crippen LogP contribution in [0.2, 0.25) is 0 Å². The van der Waals surface area contributed by atoms with Gasteiger partial charge < -0.3 is 5.11 Å². The Morgan fingerprint density at radius 2 is 2.10 bits per heavy atom. The van der Waals surface area contributed by atoms with Gasteiger partial charge in [-0.1, -0.05) is 15.9 Å². The second-order valence-electron chi connectivity index (χ2n) is 5.15. The van der Waals surface area contributed by atoms with Crippen molar-refractivity contribution in [2.45, 2.75) is 23.8 Å². The van der Waals surface area contributed by atoms with E-state index in [-0.39, 0.29) is 23.5 Å². The maximum Gasteiger partial charge on any atom is 0.289 e. The van der Waals surface area contributed by atoms with Crippen molar-refractivity contribution in [1.29, 1.82) is 0 Å². The Balaban J connectivity index is 2.30. The molecule has 21 heavy (non-hydrogen) atoms. The first-order chi connectivity index (χ1) is 9.71. The van der Waals surface area contributed by atoms with E-state index in [1.54, 1.807) is 0 Å². The quantitative estimate of drug-likeness (QED) is 0.621. The zero-order valence-electron chi connectivity index (χ0n) is 11.3. The second kappa shape index (κ2) is 5.99. The number of halogens is 1. The molecule has 0 spiro atoms. The fourth-order valence-corrected chi connectivity index (χ4v) is 4.26. The third-order valence-corrected chi connectivity index (χ3v) is 5.88. The molecule has 1 saturated carbocycles. The molecule has 1 aliphatic carbocycles. The summed E-state index contributed by atoms with van der Waals surface area (Å²) < 4.78 is 26.6. The standard InChI is InChI=1S/C12H15BrN2O5S/c1-14(7-8-4-10(16)5-8)21(19,20)12-6-9(13)2-3-11(12)15(17)18/h2-3,6,8,10,16H,4-5,7H2,1H3. The van der Waals surface area contributed by atoms with Crippen LogP contribution < -0.4 is 0 Å². The van der Waals surface area contributed by atoms with E-state index in [2.05, 4.69) is 15.9 Å². The number of aliphatic hydroxyl groups excluding tert-OH is 1. The largest absolute Gasteiger partial charge is 0.393 e. The highest BCUT2D eigenvalue weighted by Gasteiger charge is 2.34. The number of nitrogens with zero attached hydrogens (tertiary/aromatic N) is 2. The van der Waals surface area contributed by atoms with Crippen molar-refractivity contribution in [3.8, 4) is 0 Å². The van der Waals surface area contributed by atoms with E-state index in [0.29, 0.717) is 17.3 Å². The number of hydrogen-bond donors (Lipinski definition) is 1. The highest BCUT2D eigenvalue weighted by atomic mass is 79.9. The smallest absolute Gasteiger partial charge is 0.289 e. The number of nitro benzene ring substituents is 1. The minimum Gasteiger partial charge on any atom is -0.393 e. The molecular weight excluding hydrogens is 364 g/mol. The molecule has 116 valence electrons. The topological polar surface area (TPSA) is 101 Å². The van der Waals surface area contributed by atoms with Crippen LogP contribution in [0.3, 0.4) is 0 Å².